The topological polar surface area (TPSA) is 47.8 Å². The van der Waals surface area contributed by atoms with E-state index in [9.17, 15) is 4.79 Å². The van der Waals surface area contributed by atoms with Crippen LogP contribution in [-0.2, 0) is 0 Å². The normalized spacial score (nSPS) is 10.8. The molecule has 0 atom stereocenters. The second-order valence-corrected chi connectivity index (χ2v) is 7.91. The molecule has 1 heterocycles. The van der Waals surface area contributed by atoms with Gasteiger partial charge in [-0.25, -0.2) is 9.67 Å². The minimum absolute atomic E-state index is 0.0508. The summed E-state index contributed by atoms with van der Waals surface area (Å²) >= 11 is 4.73. The highest BCUT2D eigenvalue weighted by atomic mass is 79.9. The summed E-state index contributed by atoms with van der Waals surface area (Å²) in [7, 11) is 0. The molecule has 0 radical (unpaired) electrons. The number of thioether (sulfide) groups is 1. The predicted octanol–water partition coefficient (Wildman–Crippen LogP) is 5.67. The van der Waals surface area contributed by atoms with Gasteiger partial charge in [-0.2, -0.15) is 0 Å². The summed E-state index contributed by atoms with van der Waals surface area (Å²) in [5.74, 6) is 1.09. The van der Waals surface area contributed by atoms with Crippen LogP contribution in [0.1, 0.15) is 10.4 Å². The van der Waals surface area contributed by atoms with Crippen molar-refractivity contribution in [3.63, 3.8) is 0 Å². The van der Waals surface area contributed by atoms with Crippen LogP contribution in [-0.4, -0.2) is 26.3 Å². The second-order valence-electron chi connectivity index (χ2n) is 6.05. The van der Waals surface area contributed by atoms with Gasteiger partial charge in [0.25, 0.3) is 0 Å². The SMILES string of the molecule is O=C(CSc1nc(-c2ccccc2)n(-c2ccccc2)n1)c1ccc(Br)cc1. The number of halogens is 1. The predicted molar refractivity (Wildman–Crippen MR) is 116 cm³/mol. The van der Waals surface area contributed by atoms with Crippen molar-refractivity contribution in [2.24, 2.45) is 0 Å². The van der Waals surface area contributed by atoms with Crippen molar-refractivity contribution in [3.8, 4) is 17.1 Å². The van der Waals surface area contributed by atoms with Crippen molar-refractivity contribution in [3.05, 3.63) is 95.0 Å². The number of carbonyl (C=O) groups excluding carboxylic acids is 1. The Balaban J connectivity index is 1.60. The lowest BCUT2D eigenvalue weighted by atomic mass is 10.2. The average molecular weight is 450 g/mol. The first kappa shape index (κ1) is 18.7. The Morgan fingerprint density at radius 1 is 0.893 bits per heavy atom. The minimum atomic E-state index is 0.0508. The Kier molecular flexibility index (Phi) is 5.69. The fraction of sp³-hybridized carbons (Fsp3) is 0.0455. The molecule has 4 aromatic rings. The number of hydrogen-bond donors (Lipinski definition) is 0. The van der Waals surface area contributed by atoms with E-state index in [0.29, 0.717) is 10.7 Å². The standard InChI is InChI=1S/C22H16BrN3OS/c23-18-13-11-16(12-14-18)20(27)15-28-22-24-21(17-7-3-1-4-8-17)26(25-22)19-9-5-2-6-10-19/h1-14H,15H2. The van der Waals surface area contributed by atoms with E-state index in [4.69, 9.17) is 4.98 Å². The molecule has 1 aromatic heterocycles. The van der Waals surface area contributed by atoms with Gasteiger partial charge in [0, 0.05) is 15.6 Å². The maximum Gasteiger partial charge on any atom is 0.209 e. The van der Waals surface area contributed by atoms with E-state index < -0.39 is 0 Å². The average Bonchev–Trinajstić information content (AvgIpc) is 3.18. The van der Waals surface area contributed by atoms with E-state index in [1.807, 2.05) is 89.6 Å². The molecule has 0 spiro atoms. The van der Waals surface area contributed by atoms with Gasteiger partial charge in [-0.15, -0.1) is 5.10 Å². The lowest BCUT2D eigenvalue weighted by Crippen LogP contribution is -2.02. The number of ketones is 1. The Morgan fingerprint density at radius 2 is 1.54 bits per heavy atom. The van der Waals surface area contributed by atoms with E-state index in [0.717, 1.165) is 21.5 Å². The molecular weight excluding hydrogens is 434 g/mol. The molecule has 138 valence electrons. The Bertz CT molecular complexity index is 1020. The molecule has 0 bridgehead atoms. The van der Waals surface area contributed by atoms with Crippen LogP contribution in [0.3, 0.4) is 0 Å². The molecule has 0 aliphatic rings. The summed E-state index contributed by atoms with van der Waals surface area (Å²) in [6.07, 6.45) is 0. The summed E-state index contributed by atoms with van der Waals surface area (Å²) in [5, 5.41) is 5.22. The van der Waals surface area contributed by atoms with Gasteiger partial charge in [0.05, 0.1) is 11.4 Å². The van der Waals surface area contributed by atoms with Gasteiger partial charge in [-0.05, 0) is 24.3 Å². The maximum absolute atomic E-state index is 12.5. The zero-order valence-corrected chi connectivity index (χ0v) is 17.2. The zero-order valence-electron chi connectivity index (χ0n) is 14.8. The molecule has 0 aliphatic carbocycles. The largest absolute Gasteiger partial charge is 0.293 e. The van der Waals surface area contributed by atoms with Crippen molar-refractivity contribution in [1.29, 1.82) is 0 Å². The molecule has 0 saturated heterocycles. The van der Waals surface area contributed by atoms with Gasteiger partial charge < -0.3 is 0 Å². The molecular formula is C22H16BrN3OS. The van der Waals surface area contributed by atoms with E-state index >= 15 is 0 Å². The van der Waals surface area contributed by atoms with Crippen molar-refractivity contribution in [2.75, 3.05) is 5.75 Å². The number of Topliss-reactive ketones (excluding diaryl/α,β-unsaturated/α-hetero) is 1. The van der Waals surface area contributed by atoms with Gasteiger partial charge in [-0.1, -0.05) is 88.4 Å². The van der Waals surface area contributed by atoms with E-state index in [-0.39, 0.29) is 11.5 Å². The second kappa shape index (κ2) is 8.54. The van der Waals surface area contributed by atoms with Crippen LogP contribution in [0.25, 0.3) is 17.1 Å². The van der Waals surface area contributed by atoms with Gasteiger partial charge >= 0.3 is 0 Å². The molecule has 3 aromatic carbocycles. The molecule has 0 fully saturated rings. The summed E-state index contributed by atoms with van der Waals surface area (Å²) in [4.78, 5) is 17.2. The highest BCUT2D eigenvalue weighted by Crippen LogP contribution is 2.25. The number of para-hydroxylation sites is 1. The molecule has 0 amide bonds. The number of rotatable bonds is 6. The van der Waals surface area contributed by atoms with Crippen LogP contribution in [0.5, 0.6) is 0 Å². The van der Waals surface area contributed by atoms with Gasteiger partial charge in [-0.3, -0.25) is 4.79 Å². The van der Waals surface area contributed by atoms with Crippen molar-refractivity contribution >= 4 is 33.5 Å². The molecule has 0 saturated carbocycles. The monoisotopic (exact) mass is 449 g/mol. The number of aromatic nitrogens is 3. The molecule has 4 nitrogen and oxygen atoms in total. The summed E-state index contributed by atoms with van der Waals surface area (Å²) in [6, 6.07) is 27.2. The number of hydrogen-bond acceptors (Lipinski definition) is 4. The maximum atomic E-state index is 12.5. The molecule has 0 aliphatic heterocycles. The van der Waals surface area contributed by atoms with Crippen LogP contribution in [0.4, 0.5) is 0 Å². The number of benzene rings is 3. The lowest BCUT2D eigenvalue weighted by molar-refractivity contribution is 0.102. The molecule has 0 N–H and O–H groups in total. The highest BCUT2D eigenvalue weighted by Gasteiger charge is 2.15. The quantitative estimate of drug-likeness (QED) is 0.281. The van der Waals surface area contributed by atoms with Gasteiger partial charge in [0.2, 0.25) is 5.16 Å². The van der Waals surface area contributed by atoms with Gasteiger partial charge in [0.15, 0.2) is 11.6 Å². The Morgan fingerprint density at radius 3 is 2.21 bits per heavy atom. The van der Waals surface area contributed by atoms with Crippen molar-refractivity contribution in [2.45, 2.75) is 5.16 Å². The summed E-state index contributed by atoms with van der Waals surface area (Å²) in [6.45, 7) is 0. The summed E-state index contributed by atoms with van der Waals surface area (Å²) < 4.78 is 2.77. The van der Waals surface area contributed by atoms with Crippen molar-refractivity contribution < 1.29 is 4.79 Å². The van der Waals surface area contributed by atoms with E-state index in [1.54, 1.807) is 0 Å². The minimum Gasteiger partial charge on any atom is -0.293 e. The number of nitrogens with zero attached hydrogens (tertiary/aromatic N) is 3. The molecule has 6 heteroatoms. The van der Waals surface area contributed by atoms with Gasteiger partial charge in [0.1, 0.15) is 0 Å². The first-order valence-electron chi connectivity index (χ1n) is 8.70. The van der Waals surface area contributed by atoms with Crippen LogP contribution < -0.4 is 0 Å². The van der Waals surface area contributed by atoms with Crippen molar-refractivity contribution in [1.82, 2.24) is 14.8 Å². The van der Waals surface area contributed by atoms with Crippen LogP contribution in [0.2, 0.25) is 0 Å². The van der Waals surface area contributed by atoms with Crippen LogP contribution in [0.15, 0.2) is 94.6 Å². The molecule has 28 heavy (non-hydrogen) atoms. The van der Waals surface area contributed by atoms with E-state index in [1.165, 1.54) is 11.8 Å². The third-order valence-corrected chi connectivity index (χ3v) is 5.49. The van der Waals surface area contributed by atoms with E-state index in [2.05, 4.69) is 21.0 Å². The third kappa shape index (κ3) is 4.24. The number of carbonyl (C=O) groups is 1. The summed E-state index contributed by atoms with van der Waals surface area (Å²) in [5.41, 5.74) is 2.59. The Hall–Kier alpha value is -2.70. The molecule has 0 unspecified atom stereocenters. The van der Waals surface area contributed by atoms with Crippen LogP contribution >= 0.6 is 27.7 Å². The first-order chi connectivity index (χ1) is 13.7. The zero-order chi connectivity index (χ0) is 19.3. The highest BCUT2D eigenvalue weighted by molar-refractivity contribution is 9.10. The van der Waals surface area contributed by atoms with Crippen LogP contribution in [0, 0.1) is 0 Å². The smallest absolute Gasteiger partial charge is 0.209 e. The fourth-order valence-corrected chi connectivity index (χ4v) is 3.71. The molecule has 4 rings (SSSR count). The third-order valence-electron chi connectivity index (χ3n) is 4.12. The first-order valence-corrected chi connectivity index (χ1v) is 10.5. The Labute approximate surface area is 175 Å². The lowest BCUT2D eigenvalue weighted by Gasteiger charge is -2.05. The fourth-order valence-electron chi connectivity index (χ4n) is 2.73.